The van der Waals surface area contributed by atoms with Crippen molar-refractivity contribution in [1.29, 1.82) is 0 Å². The standard InChI is InChI=1S/C18H24FN5OS/c1-11-7-6-8-12(2)23(11)17(25)13(3)26-18-22-21-16(24(18)20)14-9-4-5-10-15(14)19/h4-5,9-13H,6-8,20H2,1-3H3/t11-,12+,13-/m1/s1. The van der Waals surface area contributed by atoms with Crippen molar-refractivity contribution in [2.75, 3.05) is 5.84 Å². The van der Waals surface area contributed by atoms with Crippen molar-refractivity contribution in [3.63, 3.8) is 0 Å². The molecular weight excluding hydrogens is 353 g/mol. The van der Waals surface area contributed by atoms with E-state index in [4.69, 9.17) is 5.84 Å². The quantitative estimate of drug-likeness (QED) is 0.654. The van der Waals surface area contributed by atoms with Crippen LogP contribution in [0, 0.1) is 5.82 Å². The fourth-order valence-electron chi connectivity index (χ4n) is 3.46. The third-order valence-electron chi connectivity index (χ3n) is 4.86. The second-order valence-electron chi connectivity index (χ2n) is 6.79. The number of rotatable bonds is 4. The van der Waals surface area contributed by atoms with Crippen LogP contribution in [0.3, 0.4) is 0 Å². The summed E-state index contributed by atoms with van der Waals surface area (Å²) in [7, 11) is 0. The number of thioether (sulfide) groups is 1. The number of carbonyl (C=O) groups is 1. The van der Waals surface area contributed by atoms with Gasteiger partial charge in [0.2, 0.25) is 11.1 Å². The number of halogens is 1. The molecule has 140 valence electrons. The van der Waals surface area contributed by atoms with Crippen LogP contribution in [0.1, 0.15) is 40.0 Å². The van der Waals surface area contributed by atoms with Crippen molar-refractivity contribution in [1.82, 2.24) is 19.8 Å². The minimum absolute atomic E-state index is 0.0742. The molecular formula is C18H24FN5OS. The predicted molar refractivity (Wildman–Crippen MR) is 101 cm³/mol. The Balaban J connectivity index is 1.77. The van der Waals surface area contributed by atoms with Crippen LogP contribution in [0.2, 0.25) is 0 Å². The maximum Gasteiger partial charge on any atom is 0.236 e. The molecule has 8 heteroatoms. The summed E-state index contributed by atoms with van der Waals surface area (Å²) in [6, 6.07) is 6.74. The van der Waals surface area contributed by atoms with E-state index >= 15 is 0 Å². The molecule has 1 saturated heterocycles. The molecule has 0 unspecified atom stereocenters. The molecule has 1 aliphatic heterocycles. The predicted octanol–water partition coefficient (Wildman–Crippen LogP) is 3.07. The molecule has 2 heterocycles. The zero-order valence-corrected chi connectivity index (χ0v) is 16.0. The first kappa shape index (κ1) is 18.7. The lowest BCUT2D eigenvalue weighted by Crippen LogP contribution is -2.50. The third kappa shape index (κ3) is 3.56. The number of amides is 1. The number of carbonyl (C=O) groups excluding carboxylic acids is 1. The summed E-state index contributed by atoms with van der Waals surface area (Å²) in [5.74, 6) is 5.97. The molecule has 0 saturated carbocycles. The summed E-state index contributed by atoms with van der Waals surface area (Å²) in [6.45, 7) is 6.03. The molecule has 0 radical (unpaired) electrons. The van der Waals surface area contributed by atoms with Gasteiger partial charge < -0.3 is 10.7 Å². The van der Waals surface area contributed by atoms with Crippen LogP contribution in [0.25, 0.3) is 11.4 Å². The lowest BCUT2D eigenvalue weighted by Gasteiger charge is -2.40. The van der Waals surface area contributed by atoms with E-state index in [1.807, 2.05) is 11.8 Å². The third-order valence-corrected chi connectivity index (χ3v) is 5.90. The van der Waals surface area contributed by atoms with Gasteiger partial charge in [-0.15, -0.1) is 10.2 Å². The number of likely N-dealkylation sites (tertiary alicyclic amines) is 1. The highest BCUT2D eigenvalue weighted by Crippen LogP contribution is 2.30. The first-order valence-corrected chi connectivity index (χ1v) is 9.72. The van der Waals surface area contributed by atoms with Crippen molar-refractivity contribution >= 4 is 17.7 Å². The van der Waals surface area contributed by atoms with E-state index in [9.17, 15) is 9.18 Å². The van der Waals surface area contributed by atoms with Gasteiger partial charge in [0.1, 0.15) is 5.82 Å². The van der Waals surface area contributed by atoms with E-state index in [1.54, 1.807) is 18.2 Å². The molecule has 26 heavy (non-hydrogen) atoms. The summed E-state index contributed by atoms with van der Waals surface area (Å²) in [5.41, 5.74) is 0.284. The summed E-state index contributed by atoms with van der Waals surface area (Å²) < 4.78 is 15.2. The topological polar surface area (TPSA) is 77.0 Å². The number of hydrogen-bond donors (Lipinski definition) is 1. The van der Waals surface area contributed by atoms with Gasteiger partial charge in [-0.25, -0.2) is 9.07 Å². The molecule has 1 fully saturated rings. The van der Waals surface area contributed by atoms with Crippen molar-refractivity contribution in [3.05, 3.63) is 30.1 Å². The minimum Gasteiger partial charge on any atom is -0.336 e. The van der Waals surface area contributed by atoms with E-state index in [0.29, 0.717) is 5.16 Å². The van der Waals surface area contributed by atoms with Crippen LogP contribution in [0.15, 0.2) is 29.4 Å². The normalized spacial score (nSPS) is 21.6. The Hall–Kier alpha value is -2.09. The van der Waals surface area contributed by atoms with Crippen molar-refractivity contribution < 1.29 is 9.18 Å². The maximum absolute atomic E-state index is 14.0. The molecule has 2 N–H and O–H groups in total. The van der Waals surface area contributed by atoms with Gasteiger partial charge >= 0.3 is 0 Å². The number of aromatic nitrogens is 3. The van der Waals surface area contributed by atoms with Gasteiger partial charge in [0.15, 0.2) is 5.82 Å². The zero-order chi connectivity index (χ0) is 18.8. The van der Waals surface area contributed by atoms with Crippen molar-refractivity contribution in [2.24, 2.45) is 0 Å². The molecule has 6 nitrogen and oxygen atoms in total. The van der Waals surface area contributed by atoms with Crippen LogP contribution < -0.4 is 5.84 Å². The Bertz CT molecular complexity index is 786. The Morgan fingerprint density at radius 3 is 2.58 bits per heavy atom. The second-order valence-corrected chi connectivity index (χ2v) is 8.10. The molecule has 1 amide bonds. The average Bonchev–Trinajstić information content (AvgIpc) is 2.95. The van der Waals surface area contributed by atoms with Gasteiger partial charge in [0, 0.05) is 12.1 Å². The van der Waals surface area contributed by atoms with Crippen LogP contribution in [-0.2, 0) is 4.79 Å². The molecule has 0 spiro atoms. The molecule has 1 aliphatic rings. The summed E-state index contributed by atoms with van der Waals surface area (Å²) in [4.78, 5) is 14.9. The lowest BCUT2D eigenvalue weighted by atomic mass is 9.97. The largest absolute Gasteiger partial charge is 0.336 e. The first-order chi connectivity index (χ1) is 12.4. The van der Waals surface area contributed by atoms with E-state index in [2.05, 4.69) is 24.0 Å². The molecule has 2 aromatic rings. The molecule has 0 bridgehead atoms. The fraction of sp³-hybridized carbons (Fsp3) is 0.500. The van der Waals surface area contributed by atoms with E-state index in [1.165, 1.54) is 22.5 Å². The number of nitrogens with zero attached hydrogens (tertiary/aromatic N) is 4. The van der Waals surface area contributed by atoms with Gasteiger partial charge in [0.25, 0.3) is 0 Å². The summed E-state index contributed by atoms with van der Waals surface area (Å²) in [5, 5.41) is 8.10. The molecule has 3 rings (SSSR count). The fourth-order valence-corrected chi connectivity index (χ4v) is 4.28. The lowest BCUT2D eigenvalue weighted by molar-refractivity contribution is -0.136. The Morgan fingerprint density at radius 2 is 1.92 bits per heavy atom. The SMILES string of the molecule is C[C@@H]1CCC[C@H](C)N1C(=O)[C@@H](C)Sc1nnc(-c2ccccc2F)n1N. The van der Waals surface area contributed by atoms with Crippen LogP contribution in [0.5, 0.6) is 0 Å². The van der Waals surface area contributed by atoms with Crippen molar-refractivity contribution in [3.8, 4) is 11.4 Å². The Kier molecular flexibility index (Phi) is 5.50. The van der Waals surface area contributed by atoms with E-state index in [0.717, 1.165) is 19.3 Å². The van der Waals surface area contributed by atoms with E-state index < -0.39 is 5.82 Å². The van der Waals surface area contributed by atoms with Crippen LogP contribution in [0.4, 0.5) is 4.39 Å². The maximum atomic E-state index is 14.0. The van der Waals surface area contributed by atoms with Gasteiger partial charge in [-0.2, -0.15) is 0 Å². The minimum atomic E-state index is -0.414. The Labute approximate surface area is 156 Å². The van der Waals surface area contributed by atoms with Gasteiger partial charge in [0.05, 0.1) is 10.8 Å². The zero-order valence-electron chi connectivity index (χ0n) is 15.2. The van der Waals surface area contributed by atoms with Gasteiger partial charge in [-0.3, -0.25) is 4.79 Å². The molecule has 3 atom stereocenters. The number of hydrogen-bond acceptors (Lipinski definition) is 5. The highest BCUT2D eigenvalue weighted by molar-refractivity contribution is 8.00. The van der Waals surface area contributed by atoms with Crippen molar-refractivity contribution in [2.45, 2.75) is 62.5 Å². The Morgan fingerprint density at radius 1 is 1.27 bits per heavy atom. The number of nitrogen functional groups attached to an aromatic ring is 1. The van der Waals surface area contributed by atoms with Crippen LogP contribution >= 0.6 is 11.8 Å². The average molecular weight is 377 g/mol. The molecule has 1 aromatic heterocycles. The first-order valence-electron chi connectivity index (χ1n) is 8.84. The molecule has 0 aliphatic carbocycles. The van der Waals surface area contributed by atoms with Gasteiger partial charge in [-0.1, -0.05) is 23.9 Å². The molecule has 1 aromatic carbocycles. The monoisotopic (exact) mass is 377 g/mol. The summed E-state index contributed by atoms with van der Waals surface area (Å²) >= 11 is 1.25. The second kappa shape index (κ2) is 7.65. The number of nitrogens with two attached hydrogens (primary N) is 1. The number of benzene rings is 1. The van der Waals surface area contributed by atoms with E-state index in [-0.39, 0.29) is 34.6 Å². The van der Waals surface area contributed by atoms with Gasteiger partial charge in [-0.05, 0) is 52.2 Å². The number of piperidine rings is 1. The highest BCUT2D eigenvalue weighted by atomic mass is 32.2. The van der Waals surface area contributed by atoms with Crippen LogP contribution in [-0.4, -0.2) is 43.0 Å². The smallest absolute Gasteiger partial charge is 0.236 e. The summed E-state index contributed by atoms with van der Waals surface area (Å²) in [6.07, 6.45) is 3.20. The highest BCUT2D eigenvalue weighted by Gasteiger charge is 2.32.